The molecule has 0 saturated heterocycles. The van der Waals surface area contributed by atoms with Crippen LogP contribution in [0.25, 0.3) is 33.5 Å². The lowest BCUT2D eigenvalue weighted by Crippen LogP contribution is -2.25. The fourth-order valence-corrected chi connectivity index (χ4v) is 4.53. The second kappa shape index (κ2) is 10.6. The number of rotatable bonds is 8. The van der Waals surface area contributed by atoms with Gasteiger partial charge >= 0.3 is 5.97 Å². The van der Waals surface area contributed by atoms with Gasteiger partial charge in [-0.25, -0.2) is 4.98 Å². The molecule has 7 heteroatoms. The molecule has 0 amide bonds. The van der Waals surface area contributed by atoms with Gasteiger partial charge in [-0.1, -0.05) is 74.1 Å². The Kier molecular flexibility index (Phi) is 7.55. The number of hydrogen-bond donors (Lipinski definition) is 0. The van der Waals surface area contributed by atoms with E-state index in [9.17, 15) is 4.79 Å². The molecule has 6 nitrogen and oxygen atoms in total. The van der Waals surface area contributed by atoms with Gasteiger partial charge < -0.3 is 9.30 Å². The Morgan fingerprint density at radius 2 is 1.74 bits per heavy atom. The van der Waals surface area contributed by atoms with E-state index in [1.54, 1.807) is 0 Å². The molecule has 2 heterocycles. The molecule has 0 aliphatic carbocycles. The van der Waals surface area contributed by atoms with Crippen molar-refractivity contribution in [3.63, 3.8) is 0 Å². The molecule has 0 bridgehead atoms. The molecular weight excluding hydrogens is 456 g/mol. The Balaban J connectivity index is 1.77. The summed E-state index contributed by atoms with van der Waals surface area (Å²) in [4.78, 5) is 17.3. The van der Waals surface area contributed by atoms with Crippen LogP contribution in [-0.4, -0.2) is 37.1 Å². The summed E-state index contributed by atoms with van der Waals surface area (Å²) in [7, 11) is 0. The average molecular weight is 489 g/mol. The molecule has 0 spiro atoms. The van der Waals surface area contributed by atoms with Crippen molar-refractivity contribution in [1.29, 1.82) is 0 Å². The average Bonchev–Trinajstić information content (AvgIpc) is 3.22. The van der Waals surface area contributed by atoms with E-state index in [0.717, 1.165) is 46.5 Å². The predicted octanol–water partition coefficient (Wildman–Crippen LogP) is 6.64. The van der Waals surface area contributed by atoms with Crippen LogP contribution in [0.3, 0.4) is 0 Å². The highest BCUT2D eigenvalue weighted by Gasteiger charge is 2.21. The number of carbonyl (C=O) groups excluding carboxylic acids is 1. The number of carbonyl (C=O) groups is 1. The van der Waals surface area contributed by atoms with E-state index in [2.05, 4.69) is 52.9 Å². The van der Waals surface area contributed by atoms with Crippen LogP contribution in [0.5, 0.6) is 0 Å². The maximum absolute atomic E-state index is 12.4. The number of aromatic nitrogens is 4. The third kappa shape index (κ3) is 6.28. The number of benzene rings is 2. The molecule has 35 heavy (non-hydrogen) atoms. The van der Waals surface area contributed by atoms with Crippen LogP contribution in [0.1, 0.15) is 41.0 Å². The van der Waals surface area contributed by atoms with E-state index in [1.165, 1.54) is 11.8 Å². The highest BCUT2D eigenvalue weighted by Crippen LogP contribution is 2.33. The zero-order valence-corrected chi connectivity index (χ0v) is 21.8. The van der Waals surface area contributed by atoms with Gasteiger partial charge in [0, 0.05) is 23.1 Å². The summed E-state index contributed by atoms with van der Waals surface area (Å²) in [5.74, 6) is 1.23. The van der Waals surface area contributed by atoms with Gasteiger partial charge in [0.05, 0.1) is 17.0 Å². The first-order valence-corrected chi connectivity index (χ1v) is 12.9. The number of esters is 1. The molecule has 0 fully saturated rings. The SMILES string of the molecule is CC(C)CCn1c(SCC(=O)OC(C)(C)C)nnc1-c1cc(-c2ccccc2)nc2ccccc12. The molecule has 0 N–H and O–H groups in total. The molecule has 0 atom stereocenters. The number of ether oxygens (including phenoxy) is 1. The second-order valence-corrected chi connectivity index (χ2v) is 10.9. The summed E-state index contributed by atoms with van der Waals surface area (Å²) in [6, 6.07) is 20.4. The minimum atomic E-state index is -0.516. The molecule has 2 aromatic heterocycles. The Bertz CT molecular complexity index is 1310. The lowest BCUT2D eigenvalue weighted by Gasteiger charge is -2.19. The number of nitrogens with zero attached hydrogens (tertiary/aromatic N) is 4. The number of pyridine rings is 1. The van der Waals surface area contributed by atoms with E-state index in [-0.39, 0.29) is 11.7 Å². The molecule has 182 valence electrons. The van der Waals surface area contributed by atoms with Crippen LogP contribution in [0.2, 0.25) is 0 Å². The molecular formula is C28H32N4O2S. The van der Waals surface area contributed by atoms with Crippen LogP contribution >= 0.6 is 11.8 Å². The van der Waals surface area contributed by atoms with Crippen molar-refractivity contribution in [3.8, 4) is 22.6 Å². The number of hydrogen-bond acceptors (Lipinski definition) is 6. The summed E-state index contributed by atoms with van der Waals surface area (Å²) in [6.45, 7) is 10.8. The van der Waals surface area contributed by atoms with Gasteiger partial charge in [0.1, 0.15) is 5.60 Å². The van der Waals surface area contributed by atoms with Gasteiger partial charge in [0.2, 0.25) is 0 Å². The van der Waals surface area contributed by atoms with E-state index in [1.807, 2.05) is 57.2 Å². The van der Waals surface area contributed by atoms with Gasteiger partial charge in [-0.2, -0.15) is 0 Å². The quantitative estimate of drug-likeness (QED) is 0.204. The standard InChI is InChI=1S/C28H32N4O2S/c1-19(2)15-16-32-26(30-31-27(32)35-18-25(33)34-28(3,4)5)22-17-24(20-11-7-6-8-12-20)29-23-14-10-9-13-21(22)23/h6-14,17,19H,15-16,18H2,1-5H3. The summed E-state index contributed by atoms with van der Waals surface area (Å²) in [6.07, 6.45) is 0.972. The van der Waals surface area contributed by atoms with Crippen molar-refractivity contribution < 1.29 is 9.53 Å². The Hall–Kier alpha value is -3.19. The Morgan fingerprint density at radius 1 is 1.03 bits per heavy atom. The van der Waals surface area contributed by atoms with Crippen LogP contribution in [0, 0.1) is 5.92 Å². The van der Waals surface area contributed by atoms with Crippen molar-refractivity contribution in [2.75, 3.05) is 5.75 Å². The zero-order valence-electron chi connectivity index (χ0n) is 21.0. The molecule has 0 aliphatic heterocycles. The highest BCUT2D eigenvalue weighted by molar-refractivity contribution is 7.99. The first-order valence-electron chi connectivity index (χ1n) is 11.9. The molecule has 0 saturated carbocycles. The topological polar surface area (TPSA) is 69.9 Å². The van der Waals surface area contributed by atoms with Gasteiger partial charge in [0.15, 0.2) is 11.0 Å². The van der Waals surface area contributed by atoms with Gasteiger partial charge in [-0.3, -0.25) is 4.79 Å². The van der Waals surface area contributed by atoms with Gasteiger partial charge in [-0.15, -0.1) is 10.2 Å². The Morgan fingerprint density at radius 3 is 2.46 bits per heavy atom. The number of para-hydroxylation sites is 1. The Labute approximate surface area is 211 Å². The first-order chi connectivity index (χ1) is 16.7. The summed E-state index contributed by atoms with van der Waals surface area (Å²) >= 11 is 1.37. The van der Waals surface area contributed by atoms with Crippen molar-refractivity contribution in [2.24, 2.45) is 5.92 Å². The third-order valence-corrected chi connectivity index (χ3v) is 6.35. The lowest BCUT2D eigenvalue weighted by molar-refractivity contribution is -0.151. The van der Waals surface area contributed by atoms with Crippen LogP contribution in [0.4, 0.5) is 0 Å². The molecule has 2 aromatic carbocycles. The first kappa shape index (κ1) is 24.9. The van der Waals surface area contributed by atoms with Crippen LogP contribution < -0.4 is 0 Å². The molecule has 0 aliphatic rings. The van der Waals surface area contributed by atoms with Gasteiger partial charge in [0.25, 0.3) is 0 Å². The summed E-state index contributed by atoms with van der Waals surface area (Å²) < 4.78 is 7.62. The predicted molar refractivity (Wildman–Crippen MR) is 142 cm³/mol. The van der Waals surface area contributed by atoms with E-state index in [4.69, 9.17) is 9.72 Å². The molecule has 4 rings (SSSR count). The zero-order chi connectivity index (χ0) is 25.0. The number of fused-ring (bicyclic) bond motifs is 1. The smallest absolute Gasteiger partial charge is 0.316 e. The monoisotopic (exact) mass is 488 g/mol. The minimum Gasteiger partial charge on any atom is -0.459 e. The fraction of sp³-hybridized carbons (Fsp3) is 0.357. The van der Waals surface area contributed by atoms with Crippen molar-refractivity contribution >= 4 is 28.6 Å². The maximum atomic E-state index is 12.4. The highest BCUT2D eigenvalue weighted by atomic mass is 32.2. The molecule has 0 radical (unpaired) electrons. The lowest BCUT2D eigenvalue weighted by atomic mass is 10.0. The third-order valence-electron chi connectivity index (χ3n) is 5.41. The normalized spacial score (nSPS) is 11.8. The number of thioether (sulfide) groups is 1. The van der Waals surface area contributed by atoms with Crippen molar-refractivity contribution in [3.05, 3.63) is 60.7 Å². The maximum Gasteiger partial charge on any atom is 0.316 e. The van der Waals surface area contributed by atoms with E-state index < -0.39 is 5.60 Å². The van der Waals surface area contributed by atoms with Crippen LogP contribution in [-0.2, 0) is 16.1 Å². The molecule has 0 unspecified atom stereocenters. The molecule has 4 aromatic rings. The largest absolute Gasteiger partial charge is 0.459 e. The second-order valence-electron chi connectivity index (χ2n) is 9.95. The minimum absolute atomic E-state index is 0.184. The van der Waals surface area contributed by atoms with Gasteiger partial charge in [-0.05, 0) is 45.2 Å². The fourth-order valence-electron chi connectivity index (χ4n) is 3.80. The van der Waals surface area contributed by atoms with E-state index in [0.29, 0.717) is 11.1 Å². The summed E-state index contributed by atoms with van der Waals surface area (Å²) in [5, 5.41) is 10.8. The van der Waals surface area contributed by atoms with Crippen molar-refractivity contribution in [2.45, 2.75) is 58.3 Å². The van der Waals surface area contributed by atoms with Crippen molar-refractivity contribution in [1.82, 2.24) is 19.7 Å². The summed E-state index contributed by atoms with van der Waals surface area (Å²) in [5.41, 5.74) is 3.31. The van der Waals surface area contributed by atoms with E-state index >= 15 is 0 Å². The van der Waals surface area contributed by atoms with Crippen LogP contribution in [0.15, 0.2) is 65.8 Å².